The summed E-state index contributed by atoms with van der Waals surface area (Å²) in [6.45, 7) is 0. The van der Waals surface area contributed by atoms with Crippen molar-refractivity contribution in [2.75, 3.05) is 11.8 Å². The van der Waals surface area contributed by atoms with E-state index < -0.39 is 21.7 Å². The monoisotopic (exact) mass is 583 g/mol. The number of aromatic nitrogens is 3. The van der Waals surface area contributed by atoms with E-state index in [0.29, 0.717) is 12.1 Å². The minimum atomic E-state index is -3.89. The Morgan fingerprint density at radius 3 is 2.50 bits per heavy atom. The molecule has 9 nitrogen and oxygen atoms in total. The van der Waals surface area contributed by atoms with E-state index >= 15 is 0 Å². The molecular weight excluding hydrogens is 557 g/mol. The lowest BCUT2D eigenvalue weighted by atomic mass is 10.1. The zero-order chi connectivity index (χ0) is 29.7. The molecule has 42 heavy (non-hydrogen) atoms. The van der Waals surface area contributed by atoms with Crippen LogP contribution in [0, 0.1) is 5.82 Å². The summed E-state index contributed by atoms with van der Waals surface area (Å²) in [6.07, 6.45) is 3.91. The van der Waals surface area contributed by atoms with Gasteiger partial charge in [-0.3, -0.25) is 19.5 Å². The molecule has 1 amide bonds. The Labute approximate surface area is 241 Å². The fraction of sp³-hybridized carbons (Fsp3) is 0.0645. The number of rotatable bonds is 7. The van der Waals surface area contributed by atoms with Gasteiger partial charge in [0.15, 0.2) is 0 Å². The first kappa shape index (κ1) is 28.2. The zero-order valence-corrected chi connectivity index (χ0v) is 23.2. The summed E-state index contributed by atoms with van der Waals surface area (Å²) in [4.78, 5) is 22.3. The first-order valence-electron chi connectivity index (χ1n) is 12.7. The topological polar surface area (TPSA) is 140 Å². The third kappa shape index (κ3) is 6.53. The molecule has 0 unspecified atom stereocenters. The summed E-state index contributed by atoms with van der Waals surface area (Å²) in [5.74, 6) is -0.781. The summed E-state index contributed by atoms with van der Waals surface area (Å²) in [7, 11) is -2.50. The van der Waals surface area contributed by atoms with Crippen molar-refractivity contribution in [2.45, 2.75) is 11.3 Å². The number of carbonyl (C=O) groups excluding carboxylic acids is 1. The first-order valence-corrected chi connectivity index (χ1v) is 14.2. The van der Waals surface area contributed by atoms with E-state index in [1.807, 2.05) is 36.4 Å². The number of halogens is 1. The normalized spacial score (nSPS) is 11.1. The highest BCUT2D eigenvalue weighted by molar-refractivity contribution is 7.92. The highest BCUT2D eigenvalue weighted by Gasteiger charge is 2.17. The van der Waals surface area contributed by atoms with Crippen LogP contribution in [0.15, 0.2) is 108 Å². The number of para-hydroxylation sites is 1. The van der Waals surface area contributed by atoms with Gasteiger partial charge in [-0.2, -0.15) is 0 Å². The molecule has 0 aliphatic rings. The van der Waals surface area contributed by atoms with Crippen molar-refractivity contribution in [3.63, 3.8) is 0 Å². The molecule has 4 N–H and O–H groups in total. The number of nitrogens with one attached hydrogen (secondary N) is 2. The predicted octanol–water partition coefficient (Wildman–Crippen LogP) is 5.44. The number of anilines is 1. The lowest BCUT2D eigenvalue weighted by Crippen LogP contribution is -2.14. The van der Waals surface area contributed by atoms with E-state index in [-0.39, 0.29) is 16.3 Å². The van der Waals surface area contributed by atoms with Crippen LogP contribution < -0.4 is 15.2 Å². The molecule has 0 fully saturated rings. The van der Waals surface area contributed by atoms with E-state index in [1.54, 1.807) is 36.7 Å². The van der Waals surface area contributed by atoms with E-state index in [9.17, 15) is 17.6 Å². The maximum atomic E-state index is 13.5. The van der Waals surface area contributed by atoms with Crippen LogP contribution in [0.4, 0.5) is 10.1 Å². The lowest BCUT2D eigenvalue weighted by molar-refractivity contribution is 0.0996. The maximum Gasteiger partial charge on any atom is 0.265 e. The molecule has 0 spiro atoms. The average molecular weight is 584 g/mol. The Morgan fingerprint density at radius 1 is 0.976 bits per heavy atom. The summed E-state index contributed by atoms with van der Waals surface area (Å²) in [6, 6.07) is 25.5. The maximum absolute atomic E-state index is 13.5. The van der Waals surface area contributed by atoms with Crippen molar-refractivity contribution >= 4 is 43.4 Å². The van der Waals surface area contributed by atoms with Crippen molar-refractivity contribution in [3.8, 4) is 5.75 Å². The van der Waals surface area contributed by atoms with Crippen LogP contribution in [0.5, 0.6) is 5.75 Å². The number of hydrogen-bond acceptors (Lipinski definition) is 6. The van der Waals surface area contributed by atoms with Crippen molar-refractivity contribution in [3.05, 3.63) is 126 Å². The van der Waals surface area contributed by atoms with Gasteiger partial charge in [0.2, 0.25) is 0 Å². The number of fused-ring (bicyclic) bond motifs is 2. The molecule has 3 aromatic heterocycles. The number of H-pyrrole nitrogens is 1. The third-order valence-corrected chi connectivity index (χ3v) is 7.75. The van der Waals surface area contributed by atoms with Gasteiger partial charge in [-0.05, 0) is 54.1 Å². The lowest BCUT2D eigenvalue weighted by Gasteiger charge is -2.12. The average Bonchev–Trinajstić information content (AvgIpc) is 3.43. The van der Waals surface area contributed by atoms with Gasteiger partial charge in [0, 0.05) is 46.9 Å². The number of carbonyl (C=O) groups is 1. The predicted molar refractivity (Wildman–Crippen MR) is 159 cm³/mol. The fourth-order valence-corrected chi connectivity index (χ4v) is 5.33. The Hall–Kier alpha value is -5.29. The molecule has 3 aromatic carbocycles. The number of nitrogens with two attached hydrogens (primary N) is 1. The molecule has 212 valence electrons. The quantitative estimate of drug-likeness (QED) is 0.229. The van der Waals surface area contributed by atoms with E-state index in [0.717, 1.165) is 39.1 Å². The number of amides is 1. The first-order chi connectivity index (χ1) is 20.2. The Balaban J connectivity index is 0.000000244. The van der Waals surface area contributed by atoms with Gasteiger partial charge in [-0.15, -0.1) is 0 Å². The summed E-state index contributed by atoms with van der Waals surface area (Å²) in [5.41, 5.74) is 9.16. The van der Waals surface area contributed by atoms with Gasteiger partial charge in [0.1, 0.15) is 17.3 Å². The number of aromatic amines is 1. The zero-order valence-electron chi connectivity index (χ0n) is 22.4. The van der Waals surface area contributed by atoms with Crippen LogP contribution in [-0.2, 0) is 16.4 Å². The van der Waals surface area contributed by atoms with Gasteiger partial charge in [-0.25, -0.2) is 12.8 Å². The van der Waals surface area contributed by atoms with Crippen molar-refractivity contribution in [1.29, 1.82) is 0 Å². The summed E-state index contributed by atoms with van der Waals surface area (Å²) in [5, 5.41) is 1.97. The van der Waals surface area contributed by atoms with Gasteiger partial charge in [0.25, 0.3) is 15.9 Å². The SMILES string of the molecule is COc1ccc(F)cc1NS(=O)(=O)c1ccc(Cc2ccc3ccccc3n2)cc1.NC(=O)c1cc2cnccc2[nH]1. The van der Waals surface area contributed by atoms with Crippen molar-refractivity contribution < 1.29 is 22.3 Å². The smallest absolute Gasteiger partial charge is 0.265 e. The van der Waals surface area contributed by atoms with E-state index in [4.69, 9.17) is 10.5 Å². The van der Waals surface area contributed by atoms with Crippen LogP contribution in [0.3, 0.4) is 0 Å². The van der Waals surface area contributed by atoms with Gasteiger partial charge >= 0.3 is 0 Å². The molecule has 6 rings (SSSR count). The molecular formula is C31H26FN5O4S. The van der Waals surface area contributed by atoms with Crippen LogP contribution in [0.25, 0.3) is 21.8 Å². The standard InChI is InChI=1S/C23H19FN2O3S.C8H7N3O/c1-29-23-13-9-18(24)15-22(23)26-30(27,28)20-11-6-16(7-12-20)14-19-10-8-17-4-2-3-5-21(17)25-19;9-8(12)7-3-5-4-10-2-1-6(5)11-7/h2-13,15,26H,14H2,1H3;1-4,11H,(H2,9,12). The van der Waals surface area contributed by atoms with Crippen LogP contribution in [0.2, 0.25) is 0 Å². The molecule has 0 atom stereocenters. The number of primary amides is 1. The number of pyridine rings is 2. The van der Waals surface area contributed by atoms with Crippen LogP contribution >= 0.6 is 0 Å². The number of methoxy groups -OCH3 is 1. The molecule has 6 aromatic rings. The Kier molecular flexibility index (Phi) is 8.12. The molecule has 0 aliphatic carbocycles. The highest BCUT2D eigenvalue weighted by atomic mass is 32.2. The molecule has 11 heteroatoms. The van der Waals surface area contributed by atoms with Gasteiger partial charge in [-0.1, -0.05) is 36.4 Å². The van der Waals surface area contributed by atoms with Gasteiger partial charge < -0.3 is 15.5 Å². The second-order valence-electron chi connectivity index (χ2n) is 9.28. The third-order valence-electron chi connectivity index (χ3n) is 6.37. The Bertz CT molecular complexity index is 1960. The molecule has 0 saturated carbocycles. The van der Waals surface area contributed by atoms with Crippen LogP contribution in [-0.4, -0.2) is 36.4 Å². The number of nitrogens with zero attached hydrogens (tertiary/aromatic N) is 2. The minimum Gasteiger partial charge on any atom is -0.495 e. The second kappa shape index (κ2) is 12.1. The molecule has 0 radical (unpaired) electrons. The molecule has 0 bridgehead atoms. The van der Waals surface area contributed by atoms with Crippen molar-refractivity contribution in [2.24, 2.45) is 5.73 Å². The number of sulfonamides is 1. The summed E-state index contributed by atoms with van der Waals surface area (Å²) >= 11 is 0. The van der Waals surface area contributed by atoms with E-state index in [2.05, 4.69) is 19.7 Å². The number of hydrogen-bond donors (Lipinski definition) is 3. The minimum absolute atomic E-state index is 0.0435. The second-order valence-corrected chi connectivity index (χ2v) is 11.0. The molecule has 0 saturated heterocycles. The number of benzene rings is 3. The summed E-state index contributed by atoms with van der Waals surface area (Å²) < 4.78 is 46.4. The molecule has 0 aliphatic heterocycles. The Morgan fingerprint density at radius 2 is 1.76 bits per heavy atom. The fourth-order valence-electron chi connectivity index (χ4n) is 4.27. The van der Waals surface area contributed by atoms with Crippen LogP contribution in [0.1, 0.15) is 21.7 Å². The largest absolute Gasteiger partial charge is 0.495 e. The van der Waals surface area contributed by atoms with Crippen molar-refractivity contribution in [1.82, 2.24) is 15.0 Å². The van der Waals surface area contributed by atoms with Gasteiger partial charge in [0.05, 0.1) is 23.2 Å². The molecule has 3 heterocycles. The highest BCUT2D eigenvalue weighted by Crippen LogP contribution is 2.28. The van der Waals surface area contributed by atoms with E-state index in [1.165, 1.54) is 31.4 Å². The number of ether oxygens (including phenoxy) is 1.